The van der Waals surface area contributed by atoms with Crippen LogP contribution in [0, 0.1) is 0 Å². The third kappa shape index (κ3) is 2.09. The Morgan fingerprint density at radius 3 is 2.19 bits per heavy atom. The van der Waals surface area contributed by atoms with Gasteiger partial charge in [0.25, 0.3) is 0 Å². The maximum atomic E-state index is 11.6. The number of ether oxygens (including phenoxy) is 1. The Labute approximate surface area is 93.7 Å². The standard InChI is InChI=1S/C11H15NO4/c1-11(12-2,10(15)16-3)7-4-8(13)6-9(14)5-7/h4-6,12-14H,1-3H3. The summed E-state index contributed by atoms with van der Waals surface area (Å²) in [7, 11) is 2.87. The highest BCUT2D eigenvalue weighted by Crippen LogP contribution is 2.29. The Kier molecular flexibility index (Phi) is 3.39. The number of phenols is 2. The summed E-state index contributed by atoms with van der Waals surface area (Å²) in [6.45, 7) is 1.60. The van der Waals surface area contributed by atoms with Crippen LogP contribution in [0.4, 0.5) is 0 Å². The minimum Gasteiger partial charge on any atom is -0.508 e. The molecule has 0 fully saturated rings. The van der Waals surface area contributed by atoms with Gasteiger partial charge in [-0.05, 0) is 31.7 Å². The molecule has 0 aliphatic carbocycles. The lowest BCUT2D eigenvalue weighted by Gasteiger charge is -2.26. The first kappa shape index (κ1) is 12.3. The summed E-state index contributed by atoms with van der Waals surface area (Å²) in [5.74, 6) is -0.722. The van der Waals surface area contributed by atoms with Crippen LogP contribution in [0.25, 0.3) is 0 Å². The van der Waals surface area contributed by atoms with Gasteiger partial charge in [0.05, 0.1) is 7.11 Å². The van der Waals surface area contributed by atoms with Gasteiger partial charge in [-0.25, -0.2) is 4.79 Å². The van der Waals surface area contributed by atoms with Gasteiger partial charge in [-0.2, -0.15) is 0 Å². The average Bonchev–Trinajstić information content (AvgIpc) is 2.25. The summed E-state index contributed by atoms with van der Waals surface area (Å²) < 4.78 is 4.68. The highest BCUT2D eigenvalue weighted by atomic mass is 16.5. The van der Waals surface area contributed by atoms with E-state index in [1.807, 2.05) is 0 Å². The Morgan fingerprint density at radius 1 is 1.31 bits per heavy atom. The monoisotopic (exact) mass is 225 g/mol. The van der Waals surface area contributed by atoms with Crippen LogP contribution in [0.2, 0.25) is 0 Å². The number of hydrogen-bond acceptors (Lipinski definition) is 5. The number of rotatable bonds is 3. The van der Waals surface area contributed by atoms with Gasteiger partial charge in [0, 0.05) is 6.07 Å². The lowest BCUT2D eigenvalue weighted by atomic mass is 9.92. The molecule has 0 radical (unpaired) electrons. The molecule has 16 heavy (non-hydrogen) atoms. The van der Waals surface area contributed by atoms with Crippen LogP contribution >= 0.6 is 0 Å². The summed E-state index contributed by atoms with van der Waals surface area (Å²) in [6.07, 6.45) is 0. The number of carbonyl (C=O) groups is 1. The van der Waals surface area contributed by atoms with Gasteiger partial charge in [-0.1, -0.05) is 0 Å². The summed E-state index contributed by atoms with van der Waals surface area (Å²) in [4.78, 5) is 11.6. The molecule has 5 nitrogen and oxygen atoms in total. The van der Waals surface area contributed by atoms with Crippen molar-refractivity contribution in [3.8, 4) is 11.5 Å². The van der Waals surface area contributed by atoms with Gasteiger partial charge in [-0.15, -0.1) is 0 Å². The second-order valence-electron chi connectivity index (χ2n) is 3.60. The number of carbonyl (C=O) groups excluding carboxylic acids is 1. The number of benzene rings is 1. The third-order valence-electron chi connectivity index (χ3n) is 2.57. The molecule has 1 aromatic rings. The predicted octanol–water partition coefficient (Wildman–Crippen LogP) is 0.705. The molecule has 3 N–H and O–H groups in total. The highest BCUT2D eigenvalue weighted by molar-refractivity contribution is 5.82. The van der Waals surface area contributed by atoms with E-state index in [0.717, 1.165) is 0 Å². The van der Waals surface area contributed by atoms with E-state index in [9.17, 15) is 15.0 Å². The summed E-state index contributed by atoms with van der Waals surface area (Å²) in [6, 6.07) is 3.98. The highest BCUT2D eigenvalue weighted by Gasteiger charge is 2.35. The molecular formula is C11H15NO4. The van der Waals surface area contributed by atoms with Crippen molar-refractivity contribution in [1.29, 1.82) is 0 Å². The molecule has 0 aliphatic heterocycles. The van der Waals surface area contributed by atoms with E-state index in [1.54, 1.807) is 14.0 Å². The SMILES string of the molecule is CNC(C)(C(=O)OC)c1cc(O)cc(O)c1. The molecule has 1 rings (SSSR count). The largest absolute Gasteiger partial charge is 0.508 e. The zero-order chi connectivity index (χ0) is 12.3. The van der Waals surface area contributed by atoms with E-state index in [4.69, 9.17) is 0 Å². The van der Waals surface area contributed by atoms with Crippen LogP contribution in [0.3, 0.4) is 0 Å². The molecule has 1 unspecified atom stereocenters. The van der Waals surface area contributed by atoms with Gasteiger partial charge in [0.1, 0.15) is 17.0 Å². The zero-order valence-corrected chi connectivity index (χ0v) is 9.44. The predicted molar refractivity (Wildman–Crippen MR) is 58.2 cm³/mol. The van der Waals surface area contributed by atoms with E-state index in [2.05, 4.69) is 10.1 Å². The summed E-state index contributed by atoms with van der Waals surface area (Å²) >= 11 is 0. The molecule has 0 aromatic heterocycles. The Balaban J connectivity index is 3.27. The van der Waals surface area contributed by atoms with Crippen LogP contribution in [-0.2, 0) is 15.1 Å². The van der Waals surface area contributed by atoms with Crippen molar-refractivity contribution >= 4 is 5.97 Å². The molecule has 0 bridgehead atoms. The Morgan fingerprint density at radius 2 is 1.81 bits per heavy atom. The van der Waals surface area contributed by atoms with E-state index in [-0.39, 0.29) is 11.5 Å². The molecule has 5 heteroatoms. The van der Waals surface area contributed by atoms with Crippen LogP contribution < -0.4 is 5.32 Å². The van der Waals surface area contributed by atoms with Gasteiger partial charge in [0.2, 0.25) is 0 Å². The van der Waals surface area contributed by atoms with E-state index in [1.165, 1.54) is 25.3 Å². The smallest absolute Gasteiger partial charge is 0.330 e. The molecule has 0 saturated heterocycles. The fourth-order valence-electron chi connectivity index (χ4n) is 1.45. The van der Waals surface area contributed by atoms with Gasteiger partial charge in [0.15, 0.2) is 0 Å². The average molecular weight is 225 g/mol. The van der Waals surface area contributed by atoms with E-state index < -0.39 is 11.5 Å². The minimum absolute atomic E-state index is 0.111. The molecule has 0 amide bonds. The van der Waals surface area contributed by atoms with E-state index in [0.29, 0.717) is 5.56 Å². The summed E-state index contributed by atoms with van der Waals surface area (Å²) in [5.41, 5.74) is -0.676. The normalized spacial score (nSPS) is 14.2. The number of hydrogen-bond donors (Lipinski definition) is 3. The van der Waals surface area contributed by atoms with Crippen molar-refractivity contribution < 1.29 is 19.7 Å². The van der Waals surface area contributed by atoms with Crippen LogP contribution in [0.5, 0.6) is 11.5 Å². The topological polar surface area (TPSA) is 78.8 Å². The fraction of sp³-hybridized carbons (Fsp3) is 0.364. The van der Waals surface area contributed by atoms with Gasteiger partial charge >= 0.3 is 5.97 Å². The number of methoxy groups -OCH3 is 1. The fourth-order valence-corrected chi connectivity index (χ4v) is 1.45. The van der Waals surface area contributed by atoms with Crippen molar-refractivity contribution in [2.75, 3.05) is 14.2 Å². The summed E-state index contributed by atoms with van der Waals surface area (Å²) in [5, 5.41) is 21.5. The van der Waals surface area contributed by atoms with Gasteiger partial charge < -0.3 is 20.3 Å². The molecule has 0 aliphatic rings. The van der Waals surface area contributed by atoms with Crippen molar-refractivity contribution in [2.45, 2.75) is 12.5 Å². The maximum absolute atomic E-state index is 11.6. The molecule has 88 valence electrons. The lowest BCUT2D eigenvalue weighted by molar-refractivity contribution is -0.148. The number of likely N-dealkylation sites (N-methyl/N-ethyl adjacent to an activating group) is 1. The number of esters is 1. The molecule has 0 spiro atoms. The van der Waals surface area contributed by atoms with Gasteiger partial charge in [-0.3, -0.25) is 0 Å². The third-order valence-corrected chi connectivity index (χ3v) is 2.57. The van der Waals surface area contributed by atoms with Crippen molar-refractivity contribution in [3.05, 3.63) is 23.8 Å². The Bertz CT molecular complexity index is 385. The van der Waals surface area contributed by atoms with Crippen molar-refractivity contribution in [1.82, 2.24) is 5.32 Å². The molecule has 0 heterocycles. The molecular weight excluding hydrogens is 210 g/mol. The Hall–Kier alpha value is -1.75. The number of phenolic OH excluding ortho intramolecular Hbond substituents is 2. The second kappa shape index (κ2) is 4.40. The second-order valence-corrected chi connectivity index (χ2v) is 3.60. The van der Waals surface area contributed by atoms with Crippen molar-refractivity contribution in [2.24, 2.45) is 0 Å². The first-order chi connectivity index (χ1) is 7.43. The quantitative estimate of drug-likeness (QED) is 0.660. The van der Waals surface area contributed by atoms with Crippen LogP contribution in [0.1, 0.15) is 12.5 Å². The van der Waals surface area contributed by atoms with Crippen molar-refractivity contribution in [3.63, 3.8) is 0 Å². The number of nitrogens with one attached hydrogen (secondary N) is 1. The van der Waals surface area contributed by atoms with E-state index >= 15 is 0 Å². The minimum atomic E-state index is -1.11. The molecule has 0 saturated carbocycles. The molecule has 1 atom stereocenters. The molecule has 1 aromatic carbocycles. The lowest BCUT2D eigenvalue weighted by Crippen LogP contribution is -2.45. The number of aromatic hydroxyl groups is 2. The first-order valence-electron chi connectivity index (χ1n) is 4.75. The zero-order valence-electron chi connectivity index (χ0n) is 9.44. The maximum Gasteiger partial charge on any atom is 0.330 e. The first-order valence-corrected chi connectivity index (χ1v) is 4.75. The van der Waals surface area contributed by atoms with Crippen LogP contribution in [0.15, 0.2) is 18.2 Å². The van der Waals surface area contributed by atoms with Crippen LogP contribution in [-0.4, -0.2) is 30.3 Å².